The van der Waals surface area contributed by atoms with Crippen LogP contribution in [0.5, 0.6) is 0 Å². The highest BCUT2D eigenvalue weighted by Crippen LogP contribution is 2.33. The van der Waals surface area contributed by atoms with Crippen LogP contribution in [0, 0.1) is 0 Å². The molecule has 1 aromatic carbocycles. The van der Waals surface area contributed by atoms with Gasteiger partial charge in [-0.05, 0) is 24.0 Å². The van der Waals surface area contributed by atoms with Crippen LogP contribution in [0.15, 0.2) is 48.0 Å². The molecule has 1 aromatic heterocycles. The molecule has 0 bridgehead atoms. The molecule has 0 atom stereocenters. The summed E-state index contributed by atoms with van der Waals surface area (Å²) >= 11 is 0. The van der Waals surface area contributed by atoms with Gasteiger partial charge < -0.3 is 19.9 Å². The second-order valence-electron chi connectivity index (χ2n) is 8.72. The first-order valence-electron chi connectivity index (χ1n) is 11.6. The van der Waals surface area contributed by atoms with Crippen LogP contribution in [0.25, 0.3) is 0 Å². The average molecular weight is 553 g/mol. The van der Waals surface area contributed by atoms with Crippen LogP contribution in [0.1, 0.15) is 43.2 Å². The molecular weight excluding hydrogens is 515 g/mol. The van der Waals surface area contributed by atoms with Crippen LogP contribution >= 0.6 is 24.0 Å². The van der Waals surface area contributed by atoms with Crippen LogP contribution in [-0.2, 0) is 17.8 Å². The molecule has 1 saturated carbocycles. The Hall–Kier alpha value is -1.65. The number of aromatic nitrogens is 2. The van der Waals surface area contributed by atoms with Crippen LogP contribution < -0.4 is 10.6 Å². The Labute approximate surface area is 209 Å². The number of imidazole rings is 1. The Bertz CT molecular complexity index is 812. The van der Waals surface area contributed by atoms with Crippen molar-refractivity contribution in [2.75, 3.05) is 39.9 Å². The molecule has 1 aliphatic carbocycles. The minimum absolute atomic E-state index is 0. The molecule has 7 nitrogen and oxygen atoms in total. The molecular formula is C24H37IN6O. The summed E-state index contributed by atoms with van der Waals surface area (Å²) < 4.78 is 7.68. The predicted molar refractivity (Wildman–Crippen MR) is 140 cm³/mol. The lowest BCUT2D eigenvalue weighted by Crippen LogP contribution is -2.60. The third-order valence-corrected chi connectivity index (χ3v) is 6.68. The quantitative estimate of drug-likeness (QED) is 0.314. The number of morpholine rings is 1. The minimum Gasteiger partial charge on any atom is -0.379 e. The van der Waals surface area contributed by atoms with Gasteiger partial charge in [0.05, 0.1) is 19.5 Å². The molecule has 2 N–H and O–H groups in total. The Balaban J connectivity index is 0.00000289. The number of aliphatic imine (C=N–C) groups is 1. The maximum absolute atomic E-state index is 5.60. The summed E-state index contributed by atoms with van der Waals surface area (Å²) in [5, 5.41) is 7.13. The van der Waals surface area contributed by atoms with Gasteiger partial charge in [-0.2, -0.15) is 0 Å². The van der Waals surface area contributed by atoms with Gasteiger partial charge in [-0.1, -0.05) is 43.5 Å². The Morgan fingerprint density at radius 3 is 2.44 bits per heavy atom. The largest absolute Gasteiger partial charge is 0.379 e. The minimum atomic E-state index is 0. The van der Waals surface area contributed by atoms with E-state index in [1.165, 1.54) is 43.2 Å². The Morgan fingerprint density at radius 1 is 1.06 bits per heavy atom. The van der Waals surface area contributed by atoms with Gasteiger partial charge in [0, 0.05) is 57.7 Å². The fraction of sp³-hybridized carbons (Fsp3) is 0.583. The fourth-order valence-electron chi connectivity index (χ4n) is 4.86. The second kappa shape index (κ2) is 12.6. The second-order valence-corrected chi connectivity index (χ2v) is 8.72. The molecule has 1 saturated heterocycles. The Morgan fingerprint density at radius 2 is 1.78 bits per heavy atom. The summed E-state index contributed by atoms with van der Waals surface area (Å²) in [4.78, 5) is 11.2. The van der Waals surface area contributed by atoms with Crippen LogP contribution in [-0.4, -0.2) is 65.8 Å². The third kappa shape index (κ3) is 6.68. The maximum atomic E-state index is 5.60. The molecule has 2 aliphatic rings. The van der Waals surface area contributed by atoms with Crippen molar-refractivity contribution in [3.05, 3.63) is 54.1 Å². The molecule has 8 heteroatoms. The van der Waals surface area contributed by atoms with E-state index >= 15 is 0 Å². The smallest absolute Gasteiger partial charge is 0.191 e. The number of ether oxygens (including phenoxy) is 1. The predicted octanol–water partition coefficient (Wildman–Crippen LogP) is 3.25. The van der Waals surface area contributed by atoms with E-state index in [0.717, 1.165) is 51.9 Å². The van der Waals surface area contributed by atoms with Gasteiger partial charge in [0.1, 0.15) is 0 Å². The zero-order valence-corrected chi connectivity index (χ0v) is 21.5. The molecule has 4 rings (SSSR count). The molecule has 2 heterocycles. The number of hydrogen-bond donors (Lipinski definition) is 2. The average Bonchev–Trinajstić information content (AvgIpc) is 3.34. The van der Waals surface area contributed by atoms with Crippen molar-refractivity contribution in [2.45, 2.75) is 50.7 Å². The molecule has 0 unspecified atom stereocenters. The zero-order chi connectivity index (χ0) is 21.4. The van der Waals surface area contributed by atoms with Gasteiger partial charge in [-0.15, -0.1) is 24.0 Å². The summed E-state index contributed by atoms with van der Waals surface area (Å²) in [6.45, 7) is 6.34. The first kappa shape index (κ1) is 25.0. The lowest BCUT2D eigenvalue weighted by molar-refractivity contribution is -0.0352. The lowest BCUT2D eigenvalue weighted by atomic mass is 9.80. The molecule has 2 fully saturated rings. The zero-order valence-electron chi connectivity index (χ0n) is 19.1. The highest BCUT2D eigenvalue weighted by molar-refractivity contribution is 14.0. The summed E-state index contributed by atoms with van der Waals surface area (Å²) in [7, 11) is 1.85. The number of nitrogens with one attached hydrogen (secondary N) is 2. The van der Waals surface area contributed by atoms with E-state index in [0.29, 0.717) is 0 Å². The van der Waals surface area contributed by atoms with Crippen LogP contribution in [0.4, 0.5) is 0 Å². The molecule has 32 heavy (non-hydrogen) atoms. The van der Waals surface area contributed by atoms with E-state index < -0.39 is 0 Å². The first-order chi connectivity index (χ1) is 15.3. The van der Waals surface area contributed by atoms with Gasteiger partial charge in [0.15, 0.2) is 5.96 Å². The molecule has 176 valence electrons. The number of hydrogen-bond acceptors (Lipinski definition) is 4. The van der Waals surface area contributed by atoms with Crippen molar-refractivity contribution in [3.63, 3.8) is 0 Å². The number of guanidine groups is 1. The van der Waals surface area contributed by atoms with E-state index in [9.17, 15) is 0 Å². The highest BCUT2D eigenvalue weighted by atomic mass is 127. The summed E-state index contributed by atoms with van der Waals surface area (Å²) in [5.74, 6) is 0.876. The third-order valence-electron chi connectivity index (χ3n) is 6.68. The normalized spacial score (nSPS) is 19.2. The fourth-order valence-corrected chi connectivity index (χ4v) is 4.86. The molecule has 2 aromatic rings. The van der Waals surface area contributed by atoms with E-state index in [2.05, 4.69) is 54.3 Å². The van der Waals surface area contributed by atoms with Crippen molar-refractivity contribution in [1.82, 2.24) is 25.1 Å². The van der Waals surface area contributed by atoms with Crippen molar-refractivity contribution in [3.8, 4) is 0 Å². The standard InChI is InChI=1S/C24H36N6O.HI/c1-25-23(27-17-21-5-7-22(8-6-21)18-29-12-11-26-20-29)28-19-24(9-3-2-4-10-24)30-13-15-31-16-14-30;/h5-8,11-12,20H,2-4,9-10,13-19H2,1H3,(H2,25,27,28);1H. The van der Waals surface area contributed by atoms with Gasteiger partial charge >= 0.3 is 0 Å². The monoisotopic (exact) mass is 552 g/mol. The van der Waals surface area contributed by atoms with Crippen LogP contribution in [0.2, 0.25) is 0 Å². The van der Waals surface area contributed by atoms with E-state index in [1.807, 2.05) is 25.8 Å². The molecule has 1 aliphatic heterocycles. The lowest BCUT2D eigenvalue weighted by Gasteiger charge is -2.48. The van der Waals surface area contributed by atoms with Gasteiger partial charge in [-0.25, -0.2) is 4.98 Å². The van der Waals surface area contributed by atoms with Crippen molar-refractivity contribution >= 4 is 29.9 Å². The molecule has 0 radical (unpaired) electrons. The van der Waals surface area contributed by atoms with E-state index in [-0.39, 0.29) is 29.5 Å². The van der Waals surface area contributed by atoms with E-state index in [4.69, 9.17) is 4.74 Å². The maximum Gasteiger partial charge on any atom is 0.191 e. The molecule has 0 amide bonds. The van der Waals surface area contributed by atoms with Crippen molar-refractivity contribution in [2.24, 2.45) is 4.99 Å². The van der Waals surface area contributed by atoms with Crippen molar-refractivity contribution in [1.29, 1.82) is 0 Å². The highest BCUT2D eigenvalue weighted by Gasteiger charge is 2.38. The Kier molecular flexibility index (Phi) is 9.80. The number of benzene rings is 1. The summed E-state index contributed by atoms with van der Waals surface area (Å²) in [6, 6.07) is 8.73. The summed E-state index contributed by atoms with van der Waals surface area (Å²) in [6.07, 6.45) is 12.2. The van der Waals surface area contributed by atoms with Crippen LogP contribution in [0.3, 0.4) is 0 Å². The summed E-state index contributed by atoms with van der Waals surface area (Å²) in [5.41, 5.74) is 2.75. The molecule has 0 spiro atoms. The number of halogens is 1. The van der Waals surface area contributed by atoms with Crippen molar-refractivity contribution < 1.29 is 4.74 Å². The van der Waals surface area contributed by atoms with E-state index in [1.54, 1.807) is 0 Å². The van der Waals surface area contributed by atoms with Gasteiger partial charge in [0.2, 0.25) is 0 Å². The van der Waals surface area contributed by atoms with Gasteiger partial charge in [0.25, 0.3) is 0 Å². The number of nitrogens with zero attached hydrogens (tertiary/aromatic N) is 4. The number of rotatable bonds is 7. The van der Waals surface area contributed by atoms with Gasteiger partial charge in [-0.3, -0.25) is 9.89 Å². The topological polar surface area (TPSA) is 66.7 Å². The SMILES string of the molecule is CN=C(NCc1ccc(Cn2ccnc2)cc1)NCC1(N2CCOCC2)CCCCC1.I. The first-order valence-corrected chi connectivity index (χ1v) is 11.6.